The maximum absolute atomic E-state index is 12.6. The second-order valence-corrected chi connectivity index (χ2v) is 8.47. The number of aromatic nitrogens is 2. The lowest BCUT2D eigenvalue weighted by Crippen LogP contribution is -2.31. The van der Waals surface area contributed by atoms with Gasteiger partial charge in [0, 0.05) is 36.6 Å². The molecule has 0 atom stereocenters. The Bertz CT molecular complexity index is 994. The molecule has 1 aromatic carbocycles. The number of amides is 1. The molecule has 26 heavy (non-hydrogen) atoms. The second-order valence-electron chi connectivity index (χ2n) is 8.47. The highest BCUT2D eigenvalue weighted by Crippen LogP contribution is 2.34. The number of hydrogen-bond acceptors (Lipinski definition) is 2. The smallest absolute Gasteiger partial charge is 0.227 e. The van der Waals surface area contributed by atoms with Gasteiger partial charge in [-0.15, -0.1) is 0 Å². The fraction of sp³-hybridized carbons (Fsp3) is 0.364. The molecule has 3 heterocycles. The summed E-state index contributed by atoms with van der Waals surface area (Å²) in [6.45, 7) is 9.17. The molecule has 0 saturated heterocycles. The van der Waals surface area contributed by atoms with Crippen molar-refractivity contribution < 1.29 is 4.79 Å². The highest BCUT2D eigenvalue weighted by molar-refractivity contribution is 5.96. The van der Waals surface area contributed by atoms with E-state index in [4.69, 9.17) is 4.98 Å². The van der Waals surface area contributed by atoms with E-state index < -0.39 is 0 Å². The Balaban J connectivity index is 1.64. The Kier molecular flexibility index (Phi) is 3.87. The lowest BCUT2D eigenvalue weighted by atomic mass is 9.91. The molecule has 0 fully saturated rings. The van der Waals surface area contributed by atoms with Crippen LogP contribution >= 0.6 is 0 Å². The molecule has 4 rings (SSSR count). The quantitative estimate of drug-likeness (QED) is 0.677. The van der Waals surface area contributed by atoms with Crippen LogP contribution in [0.3, 0.4) is 0 Å². The number of hydrogen-bond donors (Lipinski definition) is 0. The van der Waals surface area contributed by atoms with Gasteiger partial charge >= 0.3 is 0 Å². The molecule has 1 aliphatic heterocycles. The number of nitrogens with zero attached hydrogens (tertiary/aromatic N) is 3. The van der Waals surface area contributed by atoms with E-state index in [9.17, 15) is 4.79 Å². The maximum atomic E-state index is 12.6. The third-order valence-corrected chi connectivity index (χ3v) is 4.87. The standard InChI is InChI=1S/C22H25N3O/c1-15-7-9-24-14-18(23-20(24)11-15)16-5-6-19-17(12-16)8-10-25(19)21(26)13-22(2,3)4/h5-7,9,11-12,14H,8,10,13H2,1-4H3. The van der Waals surface area contributed by atoms with Gasteiger partial charge in [0.05, 0.1) is 5.69 Å². The topological polar surface area (TPSA) is 37.6 Å². The van der Waals surface area contributed by atoms with Gasteiger partial charge in [0.2, 0.25) is 5.91 Å². The first-order valence-corrected chi connectivity index (χ1v) is 9.19. The number of imidazole rings is 1. The average molecular weight is 347 g/mol. The van der Waals surface area contributed by atoms with Crippen LogP contribution in [0, 0.1) is 12.3 Å². The number of pyridine rings is 1. The molecule has 1 amide bonds. The Morgan fingerprint density at radius 1 is 1.19 bits per heavy atom. The van der Waals surface area contributed by atoms with Crippen LogP contribution < -0.4 is 4.90 Å². The predicted molar refractivity (Wildman–Crippen MR) is 105 cm³/mol. The van der Waals surface area contributed by atoms with Crippen LogP contribution in [0.5, 0.6) is 0 Å². The van der Waals surface area contributed by atoms with Crippen molar-refractivity contribution in [2.75, 3.05) is 11.4 Å². The minimum atomic E-state index is 0.00838. The van der Waals surface area contributed by atoms with Gasteiger partial charge in [0.25, 0.3) is 0 Å². The third kappa shape index (κ3) is 3.12. The van der Waals surface area contributed by atoms with Crippen LogP contribution in [0.25, 0.3) is 16.9 Å². The van der Waals surface area contributed by atoms with Crippen molar-refractivity contribution in [1.29, 1.82) is 0 Å². The first-order chi connectivity index (χ1) is 12.3. The number of aryl methyl sites for hydroxylation is 1. The largest absolute Gasteiger partial charge is 0.312 e. The van der Waals surface area contributed by atoms with Crippen molar-refractivity contribution in [3.05, 3.63) is 53.9 Å². The number of carbonyl (C=O) groups is 1. The van der Waals surface area contributed by atoms with Crippen LogP contribution in [0.15, 0.2) is 42.7 Å². The number of anilines is 1. The van der Waals surface area contributed by atoms with Gasteiger partial charge in [-0.1, -0.05) is 26.8 Å². The molecule has 0 spiro atoms. The molecule has 134 valence electrons. The molecular formula is C22H25N3O. The van der Waals surface area contributed by atoms with Crippen molar-refractivity contribution in [3.8, 4) is 11.3 Å². The van der Waals surface area contributed by atoms with Crippen LogP contribution in [0.1, 0.15) is 38.3 Å². The molecule has 0 radical (unpaired) electrons. The number of carbonyl (C=O) groups excluding carboxylic acids is 1. The van der Waals surface area contributed by atoms with Gasteiger partial charge in [0.15, 0.2) is 0 Å². The summed E-state index contributed by atoms with van der Waals surface area (Å²) in [7, 11) is 0. The number of fused-ring (bicyclic) bond motifs is 2. The minimum absolute atomic E-state index is 0.00838. The zero-order chi connectivity index (χ0) is 18.5. The highest BCUT2D eigenvalue weighted by Gasteiger charge is 2.28. The third-order valence-electron chi connectivity index (χ3n) is 4.87. The zero-order valence-corrected chi connectivity index (χ0v) is 15.9. The van der Waals surface area contributed by atoms with E-state index in [1.165, 1.54) is 11.1 Å². The van der Waals surface area contributed by atoms with Crippen LogP contribution in [-0.4, -0.2) is 21.8 Å². The molecular weight excluding hydrogens is 322 g/mol. The fourth-order valence-corrected chi connectivity index (χ4v) is 3.59. The Hall–Kier alpha value is -2.62. The molecule has 0 bridgehead atoms. The molecule has 2 aromatic heterocycles. The summed E-state index contributed by atoms with van der Waals surface area (Å²) in [5, 5.41) is 0. The van der Waals surface area contributed by atoms with E-state index in [0.29, 0.717) is 6.42 Å². The summed E-state index contributed by atoms with van der Waals surface area (Å²) in [6.07, 6.45) is 5.58. The summed E-state index contributed by atoms with van der Waals surface area (Å²) < 4.78 is 2.05. The van der Waals surface area contributed by atoms with Gasteiger partial charge in [-0.3, -0.25) is 4.79 Å². The lowest BCUT2D eigenvalue weighted by Gasteiger charge is -2.23. The Morgan fingerprint density at radius 2 is 2.00 bits per heavy atom. The van der Waals surface area contributed by atoms with Gasteiger partial charge < -0.3 is 9.30 Å². The van der Waals surface area contributed by atoms with Gasteiger partial charge in [-0.2, -0.15) is 0 Å². The molecule has 0 aliphatic carbocycles. The van der Waals surface area contributed by atoms with E-state index >= 15 is 0 Å². The molecule has 4 heteroatoms. The van der Waals surface area contributed by atoms with Gasteiger partial charge in [0.1, 0.15) is 5.65 Å². The van der Waals surface area contributed by atoms with E-state index in [2.05, 4.69) is 68.6 Å². The first kappa shape index (κ1) is 16.8. The number of benzene rings is 1. The summed E-state index contributed by atoms with van der Waals surface area (Å²) in [4.78, 5) is 19.3. The Labute approximate surface area is 154 Å². The van der Waals surface area contributed by atoms with Gasteiger partial charge in [-0.25, -0.2) is 4.98 Å². The molecule has 1 aliphatic rings. The molecule has 4 nitrogen and oxygen atoms in total. The number of rotatable bonds is 2. The average Bonchev–Trinajstić information content (AvgIpc) is 3.15. The monoisotopic (exact) mass is 347 g/mol. The highest BCUT2D eigenvalue weighted by atomic mass is 16.2. The summed E-state index contributed by atoms with van der Waals surface area (Å²) in [5.41, 5.74) is 6.54. The molecule has 0 unspecified atom stereocenters. The zero-order valence-electron chi connectivity index (χ0n) is 15.9. The van der Waals surface area contributed by atoms with Crippen molar-refractivity contribution in [2.24, 2.45) is 5.41 Å². The predicted octanol–water partition coefficient (Wildman–Crippen LogP) is 4.64. The normalized spacial score (nSPS) is 14.1. The maximum Gasteiger partial charge on any atom is 0.227 e. The van der Waals surface area contributed by atoms with Crippen molar-refractivity contribution >= 4 is 17.2 Å². The fourth-order valence-electron chi connectivity index (χ4n) is 3.59. The van der Waals surface area contributed by atoms with Crippen LogP contribution in [0.2, 0.25) is 0 Å². The molecule has 0 N–H and O–H groups in total. The Morgan fingerprint density at radius 3 is 2.77 bits per heavy atom. The van der Waals surface area contributed by atoms with E-state index in [1.54, 1.807) is 0 Å². The van der Waals surface area contributed by atoms with Crippen molar-refractivity contribution in [1.82, 2.24) is 9.38 Å². The van der Waals surface area contributed by atoms with Gasteiger partial charge in [-0.05, 0) is 54.2 Å². The summed E-state index contributed by atoms with van der Waals surface area (Å²) in [5.74, 6) is 0.215. The van der Waals surface area contributed by atoms with Crippen LogP contribution in [-0.2, 0) is 11.2 Å². The van der Waals surface area contributed by atoms with Crippen LogP contribution in [0.4, 0.5) is 5.69 Å². The van der Waals surface area contributed by atoms with Crippen molar-refractivity contribution in [3.63, 3.8) is 0 Å². The SMILES string of the molecule is Cc1ccn2cc(-c3ccc4c(c3)CCN4C(=O)CC(C)(C)C)nc2c1. The van der Waals surface area contributed by atoms with E-state index in [1.807, 2.05) is 11.1 Å². The molecule has 0 saturated carbocycles. The summed E-state index contributed by atoms with van der Waals surface area (Å²) >= 11 is 0. The summed E-state index contributed by atoms with van der Waals surface area (Å²) in [6, 6.07) is 10.5. The van der Waals surface area contributed by atoms with Crippen molar-refractivity contribution in [2.45, 2.75) is 40.5 Å². The second kappa shape index (κ2) is 5.97. The molecule has 3 aromatic rings. The lowest BCUT2D eigenvalue weighted by molar-refractivity contribution is -0.120. The minimum Gasteiger partial charge on any atom is -0.312 e. The van der Waals surface area contributed by atoms with E-state index in [0.717, 1.165) is 35.6 Å². The van der Waals surface area contributed by atoms with E-state index in [-0.39, 0.29) is 11.3 Å². The first-order valence-electron chi connectivity index (χ1n) is 9.19.